The predicted octanol–water partition coefficient (Wildman–Crippen LogP) is 4.97. The molecular weight excluding hydrogens is 416 g/mol. The number of aromatic carboxylic acids is 1. The Balaban J connectivity index is 1.34. The molecule has 0 atom stereocenters. The second-order valence-electron chi connectivity index (χ2n) is 9.62. The summed E-state index contributed by atoms with van der Waals surface area (Å²) in [5.41, 5.74) is 2.24. The normalized spacial score (nSPS) is 18.4. The lowest BCUT2D eigenvalue weighted by molar-refractivity contribution is 0.0683. The highest BCUT2D eigenvalue weighted by Gasteiger charge is 2.26. The summed E-state index contributed by atoms with van der Waals surface area (Å²) >= 11 is 0. The quantitative estimate of drug-likeness (QED) is 0.549. The Morgan fingerprint density at radius 2 is 1.85 bits per heavy atom. The molecule has 174 valence electrons. The van der Waals surface area contributed by atoms with E-state index in [-0.39, 0.29) is 11.7 Å². The number of hydrogen-bond donors (Lipinski definition) is 2. The van der Waals surface area contributed by atoms with E-state index < -0.39 is 5.97 Å². The average Bonchev–Trinajstić information content (AvgIpc) is 3.47. The molecule has 0 amide bonds. The number of rotatable bonds is 6. The highest BCUT2D eigenvalue weighted by molar-refractivity contribution is 5.93. The van der Waals surface area contributed by atoms with E-state index in [4.69, 9.17) is 0 Å². The maximum Gasteiger partial charge on any atom is 0.352 e. The zero-order valence-electron chi connectivity index (χ0n) is 19.4. The molecule has 1 saturated heterocycles. The van der Waals surface area contributed by atoms with Gasteiger partial charge in [-0.15, -0.1) is 0 Å². The van der Waals surface area contributed by atoms with Gasteiger partial charge in [0.05, 0.1) is 0 Å². The molecule has 4 heterocycles. The highest BCUT2D eigenvalue weighted by Crippen LogP contribution is 2.34. The van der Waals surface area contributed by atoms with E-state index in [2.05, 4.69) is 45.1 Å². The highest BCUT2D eigenvalue weighted by atomic mass is 16.4. The molecule has 0 aromatic carbocycles. The van der Waals surface area contributed by atoms with Crippen molar-refractivity contribution >= 4 is 28.8 Å². The largest absolute Gasteiger partial charge is 0.477 e. The summed E-state index contributed by atoms with van der Waals surface area (Å²) in [4.78, 5) is 28.1. The molecule has 5 rings (SSSR count). The molecule has 8 heteroatoms. The van der Waals surface area contributed by atoms with E-state index in [0.29, 0.717) is 29.4 Å². The molecule has 3 aromatic heterocycles. The fourth-order valence-electron chi connectivity index (χ4n) is 5.35. The lowest BCUT2D eigenvalue weighted by Crippen LogP contribution is -2.37. The van der Waals surface area contributed by atoms with Gasteiger partial charge >= 0.3 is 5.97 Å². The summed E-state index contributed by atoms with van der Waals surface area (Å²) in [7, 11) is 0. The lowest BCUT2D eigenvalue weighted by Gasteiger charge is -2.34. The molecule has 3 aromatic rings. The fraction of sp³-hybridized carbons (Fsp3) is 0.520. The van der Waals surface area contributed by atoms with Gasteiger partial charge in [0.1, 0.15) is 17.2 Å². The van der Waals surface area contributed by atoms with Crippen molar-refractivity contribution in [3.8, 4) is 0 Å². The number of pyridine rings is 1. The van der Waals surface area contributed by atoms with Gasteiger partial charge in [-0.2, -0.15) is 4.98 Å². The minimum absolute atomic E-state index is 0.177. The van der Waals surface area contributed by atoms with Gasteiger partial charge in [-0.25, -0.2) is 14.8 Å². The molecule has 1 aliphatic carbocycles. The molecule has 1 aliphatic heterocycles. The van der Waals surface area contributed by atoms with Crippen LogP contribution < -0.4 is 5.32 Å². The molecule has 0 unspecified atom stereocenters. The van der Waals surface area contributed by atoms with Crippen molar-refractivity contribution in [1.82, 2.24) is 24.4 Å². The van der Waals surface area contributed by atoms with E-state index in [1.807, 2.05) is 16.8 Å². The molecule has 33 heavy (non-hydrogen) atoms. The maximum absolute atomic E-state index is 11.8. The van der Waals surface area contributed by atoms with Gasteiger partial charge in [-0.3, -0.25) is 0 Å². The van der Waals surface area contributed by atoms with Crippen molar-refractivity contribution in [3.05, 3.63) is 41.9 Å². The number of carbonyl (C=O) groups is 1. The number of nitrogens with one attached hydrogen (secondary N) is 1. The SMILES string of the molecule is CC(C)N1CCC(c2ccc(Nc3ncc4cc(C(=O)O)n(C5CCCC5)c4n3)nc2)CC1. The van der Waals surface area contributed by atoms with Crippen LogP contribution in [0.1, 0.15) is 80.4 Å². The van der Waals surface area contributed by atoms with Crippen LogP contribution in [-0.2, 0) is 0 Å². The zero-order valence-corrected chi connectivity index (χ0v) is 19.4. The van der Waals surface area contributed by atoms with E-state index in [9.17, 15) is 9.90 Å². The number of anilines is 2. The van der Waals surface area contributed by atoms with Crippen molar-refractivity contribution in [2.24, 2.45) is 0 Å². The van der Waals surface area contributed by atoms with Gasteiger partial charge in [0.15, 0.2) is 0 Å². The monoisotopic (exact) mass is 448 g/mol. The third-order valence-electron chi connectivity index (χ3n) is 7.24. The first kappa shape index (κ1) is 21.8. The van der Waals surface area contributed by atoms with Crippen LogP contribution >= 0.6 is 0 Å². The van der Waals surface area contributed by atoms with Crippen molar-refractivity contribution < 1.29 is 9.90 Å². The molecule has 1 saturated carbocycles. The summed E-state index contributed by atoms with van der Waals surface area (Å²) in [6.07, 6.45) is 10.2. The standard InChI is InChI=1S/C25H32N6O2/c1-16(2)30-11-9-17(10-12-30)18-7-8-22(26-14-18)28-25-27-15-19-13-21(24(32)33)31(23(19)29-25)20-5-3-4-6-20/h7-8,13-17,20H,3-6,9-12H2,1-2H3,(H,32,33)(H,26,27,28,29). The van der Waals surface area contributed by atoms with E-state index in [0.717, 1.165) is 57.0 Å². The van der Waals surface area contributed by atoms with Gasteiger partial charge in [-0.05, 0) is 76.2 Å². The van der Waals surface area contributed by atoms with Crippen molar-refractivity contribution in [2.45, 2.75) is 70.4 Å². The second-order valence-corrected chi connectivity index (χ2v) is 9.62. The molecule has 8 nitrogen and oxygen atoms in total. The van der Waals surface area contributed by atoms with Crippen molar-refractivity contribution in [2.75, 3.05) is 18.4 Å². The minimum atomic E-state index is -0.925. The van der Waals surface area contributed by atoms with Crippen molar-refractivity contribution in [1.29, 1.82) is 0 Å². The predicted molar refractivity (Wildman–Crippen MR) is 128 cm³/mol. The van der Waals surface area contributed by atoms with Gasteiger partial charge in [0.2, 0.25) is 5.95 Å². The van der Waals surface area contributed by atoms with Crippen LogP contribution in [-0.4, -0.2) is 54.6 Å². The third kappa shape index (κ3) is 4.44. The number of hydrogen-bond acceptors (Lipinski definition) is 6. The van der Waals surface area contributed by atoms with Crippen molar-refractivity contribution in [3.63, 3.8) is 0 Å². The number of carboxylic acid groups (broad SMARTS) is 1. The van der Waals surface area contributed by atoms with Gasteiger partial charge in [0, 0.05) is 29.9 Å². The fourth-order valence-corrected chi connectivity index (χ4v) is 5.35. The Bertz CT molecular complexity index is 1130. The number of fused-ring (bicyclic) bond motifs is 1. The van der Waals surface area contributed by atoms with E-state index >= 15 is 0 Å². The van der Waals surface area contributed by atoms with Gasteiger partial charge in [-0.1, -0.05) is 18.9 Å². The minimum Gasteiger partial charge on any atom is -0.477 e. The second kappa shape index (κ2) is 9.09. The summed E-state index contributed by atoms with van der Waals surface area (Å²) in [5, 5.41) is 13.7. The molecular formula is C25H32N6O2. The summed E-state index contributed by atoms with van der Waals surface area (Å²) in [6.45, 7) is 6.79. The van der Waals surface area contributed by atoms with E-state index in [1.54, 1.807) is 12.3 Å². The number of likely N-dealkylation sites (tertiary alicyclic amines) is 1. The third-order valence-corrected chi connectivity index (χ3v) is 7.24. The molecule has 0 radical (unpaired) electrons. The number of aromatic nitrogens is 4. The Kier molecular flexibility index (Phi) is 6.01. The molecule has 2 aliphatic rings. The Morgan fingerprint density at radius 3 is 2.48 bits per heavy atom. The van der Waals surface area contributed by atoms with Crippen LogP contribution in [0.2, 0.25) is 0 Å². The topological polar surface area (TPSA) is 96.2 Å². The Labute approximate surface area is 194 Å². The smallest absolute Gasteiger partial charge is 0.352 e. The summed E-state index contributed by atoms with van der Waals surface area (Å²) in [6, 6.07) is 6.59. The molecule has 0 bridgehead atoms. The summed E-state index contributed by atoms with van der Waals surface area (Å²) < 4.78 is 1.89. The van der Waals surface area contributed by atoms with Crippen LogP contribution in [0.3, 0.4) is 0 Å². The van der Waals surface area contributed by atoms with Crippen LogP contribution in [0.15, 0.2) is 30.6 Å². The Morgan fingerprint density at radius 1 is 1.09 bits per heavy atom. The molecule has 2 fully saturated rings. The first-order chi connectivity index (χ1) is 16.0. The Hall–Kier alpha value is -3.00. The van der Waals surface area contributed by atoms with Crippen LogP contribution in [0.4, 0.5) is 11.8 Å². The lowest BCUT2D eigenvalue weighted by atomic mass is 9.90. The summed E-state index contributed by atoms with van der Waals surface area (Å²) in [5.74, 6) is 0.751. The first-order valence-corrected chi connectivity index (χ1v) is 12.1. The van der Waals surface area contributed by atoms with E-state index in [1.165, 1.54) is 5.56 Å². The number of nitrogens with zero attached hydrogens (tertiary/aromatic N) is 5. The maximum atomic E-state index is 11.8. The molecule has 2 N–H and O–H groups in total. The van der Waals surface area contributed by atoms with Crippen LogP contribution in [0, 0.1) is 0 Å². The first-order valence-electron chi connectivity index (χ1n) is 12.1. The number of piperidine rings is 1. The average molecular weight is 449 g/mol. The van der Waals surface area contributed by atoms with Crippen LogP contribution in [0.25, 0.3) is 11.0 Å². The van der Waals surface area contributed by atoms with Crippen LogP contribution in [0.5, 0.6) is 0 Å². The number of carboxylic acids is 1. The van der Waals surface area contributed by atoms with Gasteiger partial charge < -0.3 is 19.9 Å². The van der Waals surface area contributed by atoms with Gasteiger partial charge in [0.25, 0.3) is 0 Å². The zero-order chi connectivity index (χ0) is 22.9. The molecule has 0 spiro atoms.